The number of aliphatic hydroxyl groups excluding tert-OH is 1. The summed E-state index contributed by atoms with van der Waals surface area (Å²) < 4.78 is 0. The molecule has 34 heavy (non-hydrogen) atoms. The van der Waals surface area contributed by atoms with Gasteiger partial charge in [0.2, 0.25) is 23.6 Å². The Morgan fingerprint density at radius 2 is 1.53 bits per heavy atom. The lowest BCUT2D eigenvalue weighted by Gasteiger charge is -2.25. The highest BCUT2D eigenvalue weighted by molar-refractivity contribution is 7.80. The molecule has 1 rings (SSSR count). The zero-order valence-corrected chi connectivity index (χ0v) is 19.2. The van der Waals surface area contributed by atoms with Crippen LogP contribution >= 0.6 is 12.6 Å². The number of carbonyl (C=O) groups excluding carboxylic acids is 4. The Kier molecular flexibility index (Phi) is 11.3. The van der Waals surface area contributed by atoms with Crippen LogP contribution in [-0.4, -0.2) is 80.9 Å². The number of carbonyl (C=O) groups is 5. The maximum absolute atomic E-state index is 12.7. The molecule has 188 valence electrons. The molecular weight excluding hydrogens is 470 g/mol. The molecule has 4 amide bonds. The zero-order chi connectivity index (χ0) is 26.0. The number of hydrogen-bond acceptors (Lipinski definition) is 9. The highest BCUT2D eigenvalue weighted by Crippen LogP contribution is 2.11. The van der Waals surface area contributed by atoms with Crippen LogP contribution in [0.25, 0.3) is 0 Å². The number of aromatic hydroxyl groups is 1. The number of nitrogens with two attached hydrogens (primary N) is 2. The Bertz CT molecular complexity index is 895. The minimum absolute atomic E-state index is 0.0414. The lowest BCUT2D eigenvalue weighted by molar-refractivity contribution is -0.143. The van der Waals surface area contributed by atoms with Crippen LogP contribution in [-0.2, 0) is 30.4 Å². The van der Waals surface area contributed by atoms with Gasteiger partial charge in [0.05, 0.1) is 18.6 Å². The van der Waals surface area contributed by atoms with Crippen molar-refractivity contribution in [3.8, 4) is 5.75 Å². The van der Waals surface area contributed by atoms with E-state index in [0.29, 0.717) is 5.56 Å². The molecule has 0 saturated heterocycles. The summed E-state index contributed by atoms with van der Waals surface area (Å²) in [4.78, 5) is 59.7. The Balaban J connectivity index is 2.81. The topological polar surface area (TPSA) is 234 Å². The van der Waals surface area contributed by atoms with Gasteiger partial charge in [-0.25, -0.2) is 4.79 Å². The summed E-state index contributed by atoms with van der Waals surface area (Å²) in [6.07, 6.45) is -1.96. The normalized spacial score (nSPS) is 15.2. The van der Waals surface area contributed by atoms with Crippen molar-refractivity contribution in [1.29, 1.82) is 0 Å². The highest BCUT2D eigenvalue weighted by atomic mass is 32.1. The van der Waals surface area contributed by atoms with Crippen molar-refractivity contribution in [2.75, 3.05) is 5.75 Å². The van der Waals surface area contributed by atoms with Crippen LogP contribution in [0, 0.1) is 0 Å². The average molecular weight is 500 g/mol. The first-order valence-corrected chi connectivity index (χ1v) is 10.7. The van der Waals surface area contributed by atoms with Crippen LogP contribution < -0.4 is 27.4 Å². The molecule has 0 aromatic heterocycles. The predicted molar refractivity (Wildman–Crippen MR) is 123 cm³/mol. The number of phenols is 1. The lowest BCUT2D eigenvalue weighted by atomic mass is 10.0. The van der Waals surface area contributed by atoms with Gasteiger partial charge in [0, 0.05) is 5.75 Å². The van der Waals surface area contributed by atoms with Gasteiger partial charge < -0.3 is 42.7 Å². The highest BCUT2D eigenvalue weighted by Gasteiger charge is 2.32. The fourth-order valence-corrected chi connectivity index (χ4v) is 3.03. The molecule has 0 fully saturated rings. The lowest BCUT2D eigenvalue weighted by Crippen LogP contribution is -2.60. The number of amides is 4. The summed E-state index contributed by atoms with van der Waals surface area (Å²) >= 11 is 3.96. The third-order valence-corrected chi connectivity index (χ3v) is 4.99. The van der Waals surface area contributed by atoms with Gasteiger partial charge in [0.15, 0.2) is 0 Å². The number of thiol groups is 1. The number of phenolic OH excluding ortho intramolecular Hbond substituents is 1. The molecule has 5 atom stereocenters. The maximum Gasteiger partial charge on any atom is 0.326 e. The number of nitrogens with one attached hydrogen (secondary N) is 3. The summed E-state index contributed by atoms with van der Waals surface area (Å²) in [5.74, 6) is -5.35. The molecule has 0 aliphatic rings. The molecule has 14 heteroatoms. The molecule has 5 unspecified atom stereocenters. The van der Waals surface area contributed by atoms with Gasteiger partial charge in [-0.15, -0.1) is 0 Å². The molecule has 10 N–H and O–H groups in total. The molecule has 13 nitrogen and oxygen atoms in total. The van der Waals surface area contributed by atoms with Crippen LogP contribution in [0.3, 0.4) is 0 Å². The first-order valence-electron chi connectivity index (χ1n) is 10.1. The molecule has 1 aromatic carbocycles. The summed E-state index contributed by atoms with van der Waals surface area (Å²) in [6.45, 7) is 1.24. The Morgan fingerprint density at radius 1 is 0.971 bits per heavy atom. The molecule has 0 radical (unpaired) electrons. The average Bonchev–Trinajstić information content (AvgIpc) is 2.75. The maximum atomic E-state index is 12.7. The van der Waals surface area contributed by atoms with Gasteiger partial charge in [0.1, 0.15) is 23.9 Å². The van der Waals surface area contributed by atoms with Crippen molar-refractivity contribution in [2.45, 2.75) is 50.0 Å². The van der Waals surface area contributed by atoms with Crippen molar-refractivity contribution >= 4 is 42.2 Å². The fraction of sp³-hybridized carbons (Fsp3) is 0.450. The Hall–Kier alpha value is -3.36. The summed E-state index contributed by atoms with van der Waals surface area (Å²) in [5, 5.41) is 35.1. The zero-order valence-electron chi connectivity index (χ0n) is 18.3. The Labute approximate surface area is 200 Å². The number of hydrogen-bond donors (Lipinski definition) is 9. The molecule has 0 bridgehead atoms. The first-order chi connectivity index (χ1) is 15.8. The number of primary amides is 1. The van der Waals surface area contributed by atoms with E-state index in [2.05, 4.69) is 28.6 Å². The van der Waals surface area contributed by atoms with Gasteiger partial charge in [-0.2, -0.15) is 12.6 Å². The van der Waals surface area contributed by atoms with Gasteiger partial charge in [0.25, 0.3) is 0 Å². The van der Waals surface area contributed by atoms with E-state index in [1.807, 2.05) is 0 Å². The van der Waals surface area contributed by atoms with E-state index in [4.69, 9.17) is 16.6 Å². The minimum atomic E-state index is -1.62. The van der Waals surface area contributed by atoms with Crippen LogP contribution in [0.15, 0.2) is 24.3 Å². The minimum Gasteiger partial charge on any atom is -0.508 e. The van der Waals surface area contributed by atoms with Crippen molar-refractivity contribution in [3.05, 3.63) is 29.8 Å². The number of carboxylic acid groups (broad SMARTS) is 1. The largest absolute Gasteiger partial charge is 0.508 e. The number of rotatable bonds is 13. The number of aliphatic carboxylic acids is 1. The summed E-state index contributed by atoms with van der Waals surface area (Å²) in [6, 6.07) is 0.436. The van der Waals surface area contributed by atoms with E-state index in [1.54, 1.807) is 12.1 Å². The van der Waals surface area contributed by atoms with E-state index >= 15 is 0 Å². The van der Waals surface area contributed by atoms with Crippen molar-refractivity contribution in [1.82, 2.24) is 16.0 Å². The quantitative estimate of drug-likeness (QED) is 0.125. The van der Waals surface area contributed by atoms with Crippen molar-refractivity contribution < 1.29 is 39.3 Å². The molecule has 0 saturated carbocycles. The predicted octanol–water partition coefficient (Wildman–Crippen LogP) is -3.01. The summed E-state index contributed by atoms with van der Waals surface area (Å²) in [7, 11) is 0. The van der Waals surface area contributed by atoms with E-state index in [-0.39, 0.29) is 17.9 Å². The van der Waals surface area contributed by atoms with Gasteiger partial charge in [-0.3, -0.25) is 19.2 Å². The van der Waals surface area contributed by atoms with Gasteiger partial charge in [-0.1, -0.05) is 12.1 Å². The van der Waals surface area contributed by atoms with Gasteiger partial charge >= 0.3 is 5.97 Å². The van der Waals surface area contributed by atoms with E-state index in [0.717, 1.165) is 0 Å². The number of carboxylic acids is 1. The second kappa shape index (κ2) is 13.4. The molecular formula is C20H29N5O8S. The van der Waals surface area contributed by atoms with E-state index < -0.39 is 66.3 Å². The third-order valence-electron chi connectivity index (χ3n) is 4.63. The van der Waals surface area contributed by atoms with Gasteiger partial charge in [-0.05, 0) is 31.0 Å². The molecule has 0 spiro atoms. The Morgan fingerprint density at radius 3 is 2.00 bits per heavy atom. The van der Waals surface area contributed by atoms with E-state index in [9.17, 15) is 34.2 Å². The number of benzene rings is 1. The molecule has 1 aromatic rings. The van der Waals surface area contributed by atoms with Crippen LogP contribution in [0.4, 0.5) is 0 Å². The van der Waals surface area contributed by atoms with Crippen LogP contribution in [0.5, 0.6) is 5.75 Å². The first kappa shape index (κ1) is 28.7. The molecule has 0 aliphatic carbocycles. The molecule has 0 heterocycles. The van der Waals surface area contributed by atoms with Crippen LogP contribution in [0.1, 0.15) is 18.9 Å². The summed E-state index contributed by atoms with van der Waals surface area (Å²) in [5.41, 5.74) is 11.5. The monoisotopic (exact) mass is 499 g/mol. The third kappa shape index (κ3) is 9.25. The second-order valence-electron chi connectivity index (χ2n) is 7.52. The smallest absolute Gasteiger partial charge is 0.326 e. The SMILES string of the molecule is CC(O)C(NC(=O)C(N)Cc1ccc(O)cc1)C(=O)NC(CS)C(=O)NC(CC(N)=O)C(=O)O. The van der Waals surface area contributed by atoms with Crippen molar-refractivity contribution in [2.24, 2.45) is 11.5 Å². The second-order valence-corrected chi connectivity index (χ2v) is 7.88. The van der Waals surface area contributed by atoms with Crippen LogP contribution in [0.2, 0.25) is 0 Å². The fourth-order valence-electron chi connectivity index (χ4n) is 2.77. The standard InChI is InChI=1S/C20H29N5O8S/c1-9(26)16(25-17(29)12(21)6-10-2-4-11(27)5-3-10)19(31)24-14(8-34)18(30)23-13(20(32)33)7-15(22)28/h2-5,9,12-14,16,26-27,34H,6-8,21H2,1H3,(H2,22,28)(H,23,30)(H,24,31)(H,25,29)(H,32,33). The van der Waals surface area contributed by atoms with E-state index in [1.165, 1.54) is 19.1 Å². The number of aliphatic hydroxyl groups is 1. The molecule has 0 aliphatic heterocycles. The van der Waals surface area contributed by atoms with Crippen molar-refractivity contribution in [3.63, 3.8) is 0 Å².